The molecule has 5 nitrogen and oxygen atoms in total. The molecule has 5 heteroatoms. The number of carbonyl (C=O) groups excluding carboxylic acids is 1. The second-order valence-electron chi connectivity index (χ2n) is 7.30. The molecule has 1 fully saturated rings. The van der Waals surface area contributed by atoms with Crippen molar-refractivity contribution in [2.45, 2.75) is 20.0 Å². The van der Waals surface area contributed by atoms with Crippen molar-refractivity contribution in [3.63, 3.8) is 0 Å². The fourth-order valence-electron chi connectivity index (χ4n) is 3.59. The lowest BCUT2D eigenvalue weighted by Gasteiger charge is -2.33. The number of hydrogen-bond acceptors (Lipinski definition) is 3. The molecule has 0 saturated carbocycles. The molecule has 2 aromatic carbocycles. The van der Waals surface area contributed by atoms with E-state index in [1.54, 1.807) is 0 Å². The first kappa shape index (κ1) is 19.4. The maximum atomic E-state index is 12.5. The molecule has 1 atom stereocenters. The number of quaternary nitrogens is 1. The van der Waals surface area contributed by atoms with Gasteiger partial charge in [0.15, 0.2) is 0 Å². The van der Waals surface area contributed by atoms with Crippen molar-refractivity contribution in [3.05, 3.63) is 65.2 Å². The summed E-state index contributed by atoms with van der Waals surface area (Å²) in [7, 11) is 0. The summed E-state index contributed by atoms with van der Waals surface area (Å²) in [6.45, 7) is 8.09. The van der Waals surface area contributed by atoms with Crippen LogP contribution in [0.2, 0.25) is 0 Å². The van der Waals surface area contributed by atoms with E-state index in [0.29, 0.717) is 26.2 Å². The van der Waals surface area contributed by atoms with E-state index in [0.717, 1.165) is 35.5 Å². The van der Waals surface area contributed by atoms with Crippen LogP contribution in [-0.2, 0) is 0 Å². The molecule has 0 radical (unpaired) electrons. The number of aliphatic hydroxyl groups excluding tert-OH is 1. The van der Waals surface area contributed by atoms with Crippen molar-refractivity contribution in [2.75, 3.05) is 39.3 Å². The van der Waals surface area contributed by atoms with Gasteiger partial charge in [0.05, 0.1) is 26.2 Å². The number of amides is 1. The Hall–Kier alpha value is -2.37. The van der Waals surface area contributed by atoms with Gasteiger partial charge in [0, 0.05) is 5.56 Å². The van der Waals surface area contributed by atoms with Gasteiger partial charge in [0.2, 0.25) is 0 Å². The van der Waals surface area contributed by atoms with Crippen molar-refractivity contribution in [2.24, 2.45) is 0 Å². The van der Waals surface area contributed by atoms with Gasteiger partial charge < -0.3 is 19.6 Å². The van der Waals surface area contributed by atoms with Crippen LogP contribution in [0, 0.1) is 13.8 Å². The summed E-state index contributed by atoms with van der Waals surface area (Å²) < 4.78 is 5.86. The van der Waals surface area contributed by atoms with Crippen LogP contribution in [-0.4, -0.2) is 61.3 Å². The zero-order chi connectivity index (χ0) is 19.2. The van der Waals surface area contributed by atoms with E-state index in [1.807, 2.05) is 67.3 Å². The van der Waals surface area contributed by atoms with E-state index in [2.05, 4.69) is 0 Å². The lowest BCUT2D eigenvalue weighted by atomic mass is 10.1. The molecule has 1 aliphatic heterocycles. The lowest BCUT2D eigenvalue weighted by molar-refractivity contribution is -0.907. The first-order valence-electron chi connectivity index (χ1n) is 9.59. The fraction of sp³-hybridized carbons (Fsp3) is 0.409. The maximum absolute atomic E-state index is 12.5. The molecular weight excluding hydrogens is 340 g/mol. The lowest BCUT2D eigenvalue weighted by Crippen LogP contribution is -3.16. The first-order chi connectivity index (χ1) is 13.0. The number of rotatable bonds is 6. The average molecular weight is 369 g/mol. The normalized spacial score (nSPS) is 16.2. The summed E-state index contributed by atoms with van der Waals surface area (Å²) in [4.78, 5) is 15.7. The van der Waals surface area contributed by atoms with Gasteiger partial charge in [-0.1, -0.05) is 36.4 Å². The predicted octanol–water partition coefficient (Wildman–Crippen LogP) is 1.08. The molecule has 0 unspecified atom stereocenters. The standard InChI is InChI=1S/C22H28N2O3/c1-17-7-6-8-18(2)21(17)27-16-20(25)15-23-11-13-24(14-12-23)22(26)19-9-4-3-5-10-19/h3-10,20,25H,11-16H2,1-2H3/p+1/t20-/m1/s1. The van der Waals surface area contributed by atoms with Crippen LogP contribution in [0.15, 0.2) is 48.5 Å². The van der Waals surface area contributed by atoms with Crippen molar-refractivity contribution in [1.82, 2.24) is 4.90 Å². The second-order valence-corrected chi connectivity index (χ2v) is 7.30. The monoisotopic (exact) mass is 369 g/mol. The summed E-state index contributed by atoms with van der Waals surface area (Å²) in [6, 6.07) is 15.5. The van der Waals surface area contributed by atoms with Crippen LogP contribution in [0.4, 0.5) is 0 Å². The number of benzene rings is 2. The summed E-state index contributed by atoms with van der Waals surface area (Å²) >= 11 is 0. The van der Waals surface area contributed by atoms with E-state index in [9.17, 15) is 9.90 Å². The molecule has 0 aromatic heterocycles. The minimum absolute atomic E-state index is 0.0913. The minimum Gasteiger partial charge on any atom is -0.490 e. The Morgan fingerprint density at radius 3 is 2.33 bits per heavy atom. The summed E-state index contributed by atoms with van der Waals surface area (Å²) in [6.07, 6.45) is -0.518. The van der Waals surface area contributed by atoms with E-state index in [4.69, 9.17) is 4.74 Å². The van der Waals surface area contributed by atoms with Crippen molar-refractivity contribution in [1.29, 1.82) is 0 Å². The van der Waals surface area contributed by atoms with Crippen LogP contribution in [0.3, 0.4) is 0 Å². The van der Waals surface area contributed by atoms with E-state index < -0.39 is 6.10 Å². The Kier molecular flexibility index (Phi) is 6.48. The van der Waals surface area contributed by atoms with Gasteiger partial charge in [0.1, 0.15) is 25.0 Å². The highest BCUT2D eigenvalue weighted by atomic mass is 16.5. The number of nitrogens with one attached hydrogen (secondary N) is 1. The van der Waals surface area contributed by atoms with Gasteiger partial charge in [-0.2, -0.15) is 0 Å². The number of para-hydroxylation sites is 1. The number of piperazine rings is 1. The molecule has 1 heterocycles. The smallest absolute Gasteiger partial charge is 0.254 e. The molecule has 1 aliphatic rings. The summed E-state index contributed by atoms with van der Waals surface area (Å²) in [5.74, 6) is 0.957. The van der Waals surface area contributed by atoms with Gasteiger partial charge >= 0.3 is 0 Å². The zero-order valence-electron chi connectivity index (χ0n) is 16.1. The molecule has 2 aromatic rings. The first-order valence-corrected chi connectivity index (χ1v) is 9.59. The molecule has 3 rings (SSSR count). The topological polar surface area (TPSA) is 54.2 Å². The van der Waals surface area contributed by atoms with Crippen LogP contribution in [0.25, 0.3) is 0 Å². The number of carbonyl (C=O) groups is 1. The predicted molar refractivity (Wildman–Crippen MR) is 105 cm³/mol. The Bertz CT molecular complexity index is 735. The van der Waals surface area contributed by atoms with E-state index in [-0.39, 0.29) is 5.91 Å². The molecule has 0 aliphatic carbocycles. The van der Waals surface area contributed by atoms with Gasteiger partial charge in [-0.05, 0) is 37.1 Å². The van der Waals surface area contributed by atoms with Crippen molar-refractivity contribution >= 4 is 5.91 Å². The highest BCUT2D eigenvalue weighted by Crippen LogP contribution is 2.22. The van der Waals surface area contributed by atoms with Crippen LogP contribution >= 0.6 is 0 Å². The van der Waals surface area contributed by atoms with E-state index in [1.165, 1.54) is 4.90 Å². The zero-order valence-corrected chi connectivity index (χ0v) is 16.1. The van der Waals surface area contributed by atoms with Crippen LogP contribution < -0.4 is 9.64 Å². The minimum atomic E-state index is -0.518. The number of aliphatic hydroxyl groups is 1. The second kappa shape index (κ2) is 9.02. The number of hydrogen-bond donors (Lipinski definition) is 2. The van der Waals surface area contributed by atoms with Crippen molar-refractivity contribution in [3.8, 4) is 5.75 Å². The summed E-state index contributed by atoms with van der Waals surface area (Å²) in [5.41, 5.74) is 2.91. The third-order valence-electron chi connectivity index (χ3n) is 5.13. The van der Waals surface area contributed by atoms with Gasteiger partial charge in [-0.25, -0.2) is 0 Å². The molecule has 27 heavy (non-hydrogen) atoms. The maximum Gasteiger partial charge on any atom is 0.254 e. The Morgan fingerprint density at radius 1 is 1.07 bits per heavy atom. The van der Waals surface area contributed by atoms with Gasteiger partial charge in [-0.15, -0.1) is 0 Å². The molecular formula is C22H29N2O3+. The Labute approximate surface area is 161 Å². The van der Waals surface area contributed by atoms with Crippen molar-refractivity contribution < 1.29 is 19.5 Å². The average Bonchev–Trinajstić information content (AvgIpc) is 2.68. The molecule has 144 valence electrons. The van der Waals surface area contributed by atoms with Crippen LogP contribution in [0.1, 0.15) is 21.5 Å². The summed E-state index contributed by atoms with van der Waals surface area (Å²) in [5, 5.41) is 10.4. The van der Waals surface area contributed by atoms with Gasteiger partial charge in [-0.3, -0.25) is 4.79 Å². The number of aryl methyl sites for hydroxylation is 2. The molecule has 1 saturated heterocycles. The third kappa shape index (κ3) is 5.08. The molecule has 1 amide bonds. The molecule has 0 bridgehead atoms. The SMILES string of the molecule is Cc1cccc(C)c1OC[C@H](O)C[NH+]1CCN(C(=O)c2ccccc2)CC1. The Balaban J connectivity index is 1.44. The van der Waals surface area contributed by atoms with Crippen LogP contribution in [0.5, 0.6) is 5.75 Å². The third-order valence-corrected chi connectivity index (χ3v) is 5.13. The fourth-order valence-corrected chi connectivity index (χ4v) is 3.59. The van der Waals surface area contributed by atoms with E-state index >= 15 is 0 Å². The number of nitrogens with zero attached hydrogens (tertiary/aromatic N) is 1. The largest absolute Gasteiger partial charge is 0.490 e. The molecule has 0 spiro atoms. The molecule has 2 N–H and O–H groups in total. The number of ether oxygens (including phenoxy) is 1. The quantitative estimate of drug-likeness (QED) is 0.801. The van der Waals surface area contributed by atoms with Gasteiger partial charge in [0.25, 0.3) is 5.91 Å². The Morgan fingerprint density at radius 2 is 1.70 bits per heavy atom. The highest BCUT2D eigenvalue weighted by molar-refractivity contribution is 5.94. The highest BCUT2D eigenvalue weighted by Gasteiger charge is 2.26.